The SMILES string of the molecule is N#CCc1cc(I)ncc1C(F)(F)F. The van der Waals surface area contributed by atoms with Gasteiger partial charge >= 0.3 is 6.18 Å². The van der Waals surface area contributed by atoms with Crippen LogP contribution < -0.4 is 0 Å². The molecular formula is C8H4F3IN2. The van der Waals surface area contributed by atoms with Crippen LogP contribution in [0.1, 0.15) is 11.1 Å². The van der Waals surface area contributed by atoms with Crippen LogP contribution in [0.2, 0.25) is 0 Å². The fraction of sp³-hybridized carbons (Fsp3) is 0.250. The molecule has 0 amide bonds. The molecule has 2 nitrogen and oxygen atoms in total. The third-order valence-electron chi connectivity index (χ3n) is 1.53. The molecule has 0 aliphatic rings. The van der Waals surface area contributed by atoms with E-state index in [-0.39, 0.29) is 12.0 Å². The Labute approximate surface area is 91.9 Å². The van der Waals surface area contributed by atoms with E-state index < -0.39 is 11.7 Å². The second-order valence-corrected chi connectivity index (χ2v) is 3.60. The van der Waals surface area contributed by atoms with Crippen molar-refractivity contribution < 1.29 is 13.2 Å². The summed E-state index contributed by atoms with van der Waals surface area (Å²) >= 11 is 1.80. The minimum absolute atomic E-state index is 0.0283. The van der Waals surface area contributed by atoms with E-state index in [1.54, 1.807) is 28.7 Å². The highest BCUT2D eigenvalue weighted by atomic mass is 127. The summed E-state index contributed by atoms with van der Waals surface area (Å²) in [5.41, 5.74) is -0.862. The van der Waals surface area contributed by atoms with Crippen LogP contribution in [0.4, 0.5) is 13.2 Å². The summed E-state index contributed by atoms with van der Waals surface area (Å²) in [4.78, 5) is 3.55. The lowest BCUT2D eigenvalue weighted by molar-refractivity contribution is -0.138. The number of hydrogen-bond acceptors (Lipinski definition) is 2. The molecule has 0 saturated carbocycles. The molecule has 0 spiro atoms. The number of alkyl halides is 3. The first kappa shape index (κ1) is 11.2. The fourth-order valence-electron chi connectivity index (χ4n) is 0.955. The molecule has 0 bridgehead atoms. The average molecular weight is 312 g/mol. The first-order valence-electron chi connectivity index (χ1n) is 3.53. The molecule has 0 fully saturated rings. The van der Waals surface area contributed by atoms with Gasteiger partial charge in [-0.2, -0.15) is 18.4 Å². The van der Waals surface area contributed by atoms with E-state index in [1.165, 1.54) is 6.07 Å². The summed E-state index contributed by atoms with van der Waals surface area (Å²) in [6, 6.07) is 2.96. The van der Waals surface area contributed by atoms with Gasteiger partial charge in [0.25, 0.3) is 0 Å². The zero-order chi connectivity index (χ0) is 10.8. The van der Waals surface area contributed by atoms with E-state index >= 15 is 0 Å². The number of halogens is 4. The van der Waals surface area contributed by atoms with Gasteiger partial charge in [-0.15, -0.1) is 0 Å². The number of nitriles is 1. The smallest absolute Gasteiger partial charge is 0.250 e. The summed E-state index contributed by atoms with van der Waals surface area (Å²) in [6.07, 6.45) is -3.94. The quantitative estimate of drug-likeness (QED) is 0.590. The van der Waals surface area contributed by atoms with Gasteiger partial charge < -0.3 is 0 Å². The molecule has 0 aromatic carbocycles. The van der Waals surface area contributed by atoms with E-state index in [0.29, 0.717) is 3.70 Å². The minimum atomic E-state index is -4.44. The van der Waals surface area contributed by atoms with Crippen molar-refractivity contribution in [3.63, 3.8) is 0 Å². The Kier molecular flexibility index (Phi) is 3.31. The van der Waals surface area contributed by atoms with Gasteiger partial charge in [-0.3, -0.25) is 0 Å². The van der Waals surface area contributed by atoms with Crippen LogP contribution in [0.15, 0.2) is 12.3 Å². The monoisotopic (exact) mass is 312 g/mol. The van der Waals surface area contributed by atoms with Crippen molar-refractivity contribution in [2.24, 2.45) is 0 Å². The first-order chi connectivity index (χ1) is 6.45. The molecule has 0 saturated heterocycles. The van der Waals surface area contributed by atoms with Crippen LogP contribution in [0, 0.1) is 15.0 Å². The normalized spacial score (nSPS) is 11.1. The Balaban J connectivity index is 3.23. The standard InChI is InChI=1S/C8H4F3IN2/c9-8(10,11)6-4-14-7(12)3-5(6)1-2-13/h3-4H,1H2. The van der Waals surface area contributed by atoms with Crippen molar-refractivity contribution in [1.29, 1.82) is 5.26 Å². The lowest BCUT2D eigenvalue weighted by Gasteiger charge is -2.09. The summed E-state index contributed by atoms with van der Waals surface area (Å²) in [5, 5.41) is 8.36. The Morgan fingerprint density at radius 1 is 1.50 bits per heavy atom. The Hall–Kier alpha value is -0.840. The van der Waals surface area contributed by atoms with E-state index in [9.17, 15) is 13.2 Å². The molecular weight excluding hydrogens is 308 g/mol. The van der Waals surface area contributed by atoms with Gasteiger partial charge in [0.05, 0.1) is 18.1 Å². The van der Waals surface area contributed by atoms with Crippen molar-refractivity contribution in [3.8, 4) is 6.07 Å². The lowest BCUT2D eigenvalue weighted by atomic mass is 10.1. The number of aromatic nitrogens is 1. The Morgan fingerprint density at radius 2 is 2.14 bits per heavy atom. The zero-order valence-corrected chi connectivity index (χ0v) is 8.93. The summed E-state index contributed by atoms with van der Waals surface area (Å²) in [5.74, 6) is 0. The van der Waals surface area contributed by atoms with Gasteiger partial charge in [0.2, 0.25) is 0 Å². The van der Waals surface area contributed by atoms with Crippen molar-refractivity contribution in [3.05, 3.63) is 27.1 Å². The molecule has 0 aliphatic carbocycles. The maximum Gasteiger partial charge on any atom is 0.418 e. The molecule has 0 unspecified atom stereocenters. The molecule has 1 heterocycles. The molecule has 0 N–H and O–H groups in total. The number of rotatable bonds is 1. The fourth-order valence-corrected chi connectivity index (χ4v) is 1.47. The van der Waals surface area contributed by atoms with Crippen LogP contribution in [0.25, 0.3) is 0 Å². The minimum Gasteiger partial charge on any atom is -0.250 e. The van der Waals surface area contributed by atoms with Crippen LogP contribution in [0.5, 0.6) is 0 Å². The van der Waals surface area contributed by atoms with E-state index in [1.807, 2.05) is 0 Å². The van der Waals surface area contributed by atoms with E-state index in [0.717, 1.165) is 6.20 Å². The van der Waals surface area contributed by atoms with Crippen molar-refractivity contribution in [2.45, 2.75) is 12.6 Å². The molecule has 0 aliphatic heterocycles. The first-order valence-corrected chi connectivity index (χ1v) is 4.61. The molecule has 0 radical (unpaired) electrons. The number of hydrogen-bond donors (Lipinski definition) is 0. The molecule has 74 valence electrons. The maximum absolute atomic E-state index is 12.4. The van der Waals surface area contributed by atoms with Gasteiger partial charge in [0.15, 0.2) is 0 Å². The molecule has 1 aromatic heterocycles. The van der Waals surface area contributed by atoms with Crippen molar-refractivity contribution >= 4 is 22.6 Å². The second kappa shape index (κ2) is 4.13. The van der Waals surface area contributed by atoms with E-state index in [4.69, 9.17) is 5.26 Å². The molecule has 0 atom stereocenters. The summed E-state index contributed by atoms with van der Waals surface area (Å²) in [6.45, 7) is 0. The van der Waals surface area contributed by atoms with E-state index in [2.05, 4.69) is 4.98 Å². The second-order valence-electron chi connectivity index (χ2n) is 2.50. The lowest BCUT2D eigenvalue weighted by Crippen LogP contribution is -2.10. The predicted molar refractivity (Wildman–Crippen MR) is 51.3 cm³/mol. The van der Waals surface area contributed by atoms with Crippen molar-refractivity contribution in [1.82, 2.24) is 4.98 Å². The van der Waals surface area contributed by atoms with Crippen LogP contribution in [-0.4, -0.2) is 4.98 Å². The van der Waals surface area contributed by atoms with Crippen LogP contribution >= 0.6 is 22.6 Å². The summed E-state index contributed by atoms with van der Waals surface area (Å²) < 4.78 is 37.5. The Morgan fingerprint density at radius 3 is 2.64 bits per heavy atom. The van der Waals surface area contributed by atoms with Gasteiger partial charge in [0, 0.05) is 6.20 Å². The highest BCUT2D eigenvalue weighted by Gasteiger charge is 2.33. The van der Waals surface area contributed by atoms with Gasteiger partial charge in [-0.25, -0.2) is 4.98 Å². The molecule has 1 rings (SSSR count). The van der Waals surface area contributed by atoms with Gasteiger partial charge in [-0.05, 0) is 34.2 Å². The zero-order valence-electron chi connectivity index (χ0n) is 6.77. The predicted octanol–water partition coefficient (Wildman–Crippen LogP) is 2.77. The average Bonchev–Trinajstić information content (AvgIpc) is 2.02. The summed E-state index contributed by atoms with van der Waals surface area (Å²) in [7, 11) is 0. The van der Waals surface area contributed by atoms with Crippen molar-refractivity contribution in [2.75, 3.05) is 0 Å². The number of pyridine rings is 1. The largest absolute Gasteiger partial charge is 0.418 e. The van der Waals surface area contributed by atoms with Gasteiger partial charge in [0.1, 0.15) is 3.70 Å². The third kappa shape index (κ3) is 2.57. The van der Waals surface area contributed by atoms with Crippen LogP contribution in [-0.2, 0) is 12.6 Å². The van der Waals surface area contributed by atoms with Crippen LogP contribution in [0.3, 0.4) is 0 Å². The topological polar surface area (TPSA) is 36.7 Å². The maximum atomic E-state index is 12.4. The molecule has 14 heavy (non-hydrogen) atoms. The molecule has 6 heteroatoms. The Bertz CT molecular complexity index is 381. The highest BCUT2D eigenvalue weighted by Crippen LogP contribution is 2.31. The van der Waals surface area contributed by atoms with Gasteiger partial charge in [-0.1, -0.05) is 0 Å². The highest BCUT2D eigenvalue weighted by molar-refractivity contribution is 14.1. The number of nitrogens with zero attached hydrogens (tertiary/aromatic N) is 2. The molecule has 1 aromatic rings. The third-order valence-corrected chi connectivity index (χ3v) is 2.12.